The average molecular weight is 250 g/mol. The van der Waals surface area contributed by atoms with Gasteiger partial charge in [0.05, 0.1) is 6.20 Å². The van der Waals surface area contributed by atoms with Gasteiger partial charge in [0, 0.05) is 50.5 Å². The maximum atomic E-state index is 4.34. The van der Waals surface area contributed by atoms with Gasteiger partial charge in [0.15, 0.2) is 0 Å². The first-order chi connectivity index (χ1) is 8.67. The fourth-order valence-corrected chi connectivity index (χ4v) is 2.68. The van der Waals surface area contributed by atoms with E-state index in [1.165, 1.54) is 12.0 Å². The highest BCUT2D eigenvalue weighted by Crippen LogP contribution is 2.12. The maximum absolute atomic E-state index is 4.34. The predicted molar refractivity (Wildman–Crippen MR) is 74.4 cm³/mol. The Balaban J connectivity index is 1.85. The summed E-state index contributed by atoms with van der Waals surface area (Å²) in [4.78, 5) is 2.54. The van der Waals surface area contributed by atoms with Crippen LogP contribution in [0.3, 0.4) is 0 Å². The Labute approximate surface area is 110 Å². The van der Waals surface area contributed by atoms with Crippen LogP contribution in [0.1, 0.15) is 32.8 Å². The summed E-state index contributed by atoms with van der Waals surface area (Å²) in [6, 6.07) is 0.653. The molecule has 0 aliphatic carbocycles. The van der Waals surface area contributed by atoms with Crippen molar-refractivity contribution in [3.8, 4) is 0 Å². The van der Waals surface area contributed by atoms with Gasteiger partial charge in [-0.05, 0) is 19.3 Å². The van der Waals surface area contributed by atoms with Crippen LogP contribution in [0.5, 0.6) is 0 Å². The summed E-state index contributed by atoms with van der Waals surface area (Å²) in [5.41, 5.74) is 1.34. The van der Waals surface area contributed by atoms with Crippen molar-refractivity contribution in [3.05, 3.63) is 18.0 Å². The normalized spacial score (nSPS) is 21.7. The SMILES string of the molecule is CCn1cc(CN2CCNC(CC(C)C)C2)cn1. The number of aromatic nitrogens is 2. The molecular weight excluding hydrogens is 224 g/mol. The first-order valence-electron chi connectivity index (χ1n) is 7.14. The minimum atomic E-state index is 0.653. The van der Waals surface area contributed by atoms with Gasteiger partial charge in [-0.25, -0.2) is 0 Å². The third-order valence-electron chi connectivity index (χ3n) is 3.51. The fraction of sp³-hybridized carbons (Fsp3) is 0.786. The Bertz CT molecular complexity index is 358. The van der Waals surface area contributed by atoms with Gasteiger partial charge < -0.3 is 5.32 Å². The summed E-state index contributed by atoms with van der Waals surface area (Å²) in [6.45, 7) is 12.1. The first kappa shape index (κ1) is 13.6. The minimum Gasteiger partial charge on any atom is -0.311 e. The maximum Gasteiger partial charge on any atom is 0.0534 e. The van der Waals surface area contributed by atoms with Crippen LogP contribution in [0.4, 0.5) is 0 Å². The predicted octanol–water partition coefficient (Wildman–Crippen LogP) is 1.72. The lowest BCUT2D eigenvalue weighted by Gasteiger charge is -2.34. The quantitative estimate of drug-likeness (QED) is 0.864. The third kappa shape index (κ3) is 3.82. The van der Waals surface area contributed by atoms with Crippen LogP contribution in [0.25, 0.3) is 0 Å². The second-order valence-electron chi connectivity index (χ2n) is 5.72. The van der Waals surface area contributed by atoms with Crippen molar-refractivity contribution in [1.82, 2.24) is 20.0 Å². The van der Waals surface area contributed by atoms with Crippen LogP contribution in [0.15, 0.2) is 12.4 Å². The van der Waals surface area contributed by atoms with Crippen LogP contribution >= 0.6 is 0 Å². The number of hydrogen-bond acceptors (Lipinski definition) is 3. The standard InChI is InChI=1S/C14H26N4/c1-4-18-10-13(8-16-18)9-17-6-5-15-14(11-17)7-12(2)3/h8,10,12,14-15H,4-7,9,11H2,1-3H3. The van der Waals surface area contributed by atoms with Crippen molar-refractivity contribution in [2.24, 2.45) is 5.92 Å². The van der Waals surface area contributed by atoms with Gasteiger partial charge in [0.2, 0.25) is 0 Å². The van der Waals surface area contributed by atoms with E-state index in [4.69, 9.17) is 0 Å². The Morgan fingerprint density at radius 2 is 2.33 bits per heavy atom. The summed E-state index contributed by atoms with van der Waals surface area (Å²) in [5, 5.41) is 7.96. The van der Waals surface area contributed by atoms with Crippen molar-refractivity contribution in [2.45, 2.75) is 46.3 Å². The first-order valence-corrected chi connectivity index (χ1v) is 7.14. The molecule has 1 aromatic heterocycles. The molecule has 2 rings (SSSR count). The van der Waals surface area contributed by atoms with Crippen LogP contribution in [-0.4, -0.2) is 40.4 Å². The van der Waals surface area contributed by atoms with Crippen molar-refractivity contribution in [3.63, 3.8) is 0 Å². The van der Waals surface area contributed by atoms with E-state index < -0.39 is 0 Å². The van der Waals surface area contributed by atoms with Crippen LogP contribution < -0.4 is 5.32 Å². The molecule has 0 saturated carbocycles. The Hall–Kier alpha value is -0.870. The fourth-order valence-electron chi connectivity index (χ4n) is 2.68. The number of aryl methyl sites for hydroxylation is 1. The van der Waals surface area contributed by atoms with Gasteiger partial charge in [0.25, 0.3) is 0 Å². The second kappa shape index (κ2) is 6.34. The summed E-state index contributed by atoms with van der Waals surface area (Å²) < 4.78 is 2.00. The smallest absolute Gasteiger partial charge is 0.0534 e. The molecule has 1 atom stereocenters. The minimum absolute atomic E-state index is 0.653. The largest absolute Gasteiger partial charge is 0.311 e. The Kier molecular flexibility index (Phi) is 4.78. The van der Waals surface area contributed by atoms with E-state index in [1.54, 1.807) is 0 Å². The lowest BCUT2D eigenvalue weighted by Crippen LogP contribution is -2.50. The van der Waals surface area contributed by atoms with Gasteiger partial charge in [-0.3, -0.25) is 9.58 Å². The van der Waals surface area contributed by atoms with Crippen molar-refractivity contribution < 1.29 is 0 Å². The van der Waals surface area contributed by atoms with E-state index in [0.717, 1.165) is 38.6 Å². The molecular formula is C14H26N4. The zero-order valence-electron chi connectivity index (χ0n) is 11.9. The van der Waals surface area contributed by atoms with E-state index in [0.29, 0.717) is 6.04 Å². The van der Waals surface area contributed by atoms with Gasteiger partial charge in [0.1, 0.15) is 0 Å². The number of piperazine rings is 1. The molecule has 0 bridgehead atoms. The molecule has 1 fully saturated rings. The second-order valence-corrected chi connectivity index (χ2v) is 5.72. The number of hydrogen-bond donors (Lipinski definition) is 1. The molecule has 1 aliphatic heterocycles. The van der Waals surface area contributed by atoms with Crippen molar-refractivity contribution in [1.29, 1.82) is 0 Å². The monoisotopic (exact) mass is 250 g/mol. The molecule has 2 heterocycles. The van der Waals surface area contributed by atoms with Gasteiger partial charge in [-0.15, -0.1) is 0 Å². The highest BCUT2D eigenvalue weighted by Gasteiger charge is 2.20. The van der Waals surface area contributed by atoms with Gasteiger partial charge in [-0.2, -0.15) is 5.10 Å². The Morgan fingerprint density at radius 3 is 3.00 bits per heavy atom. The average Bonchev–Trinajstić information content (AvgIpc) is 2.76. The molecule has 1 aromatic rings. The molecule has 18 heavy (non-hydrogen) atoms. The number of rotatable bonds is 5. The molecule has 4 nitrogen and oxygen atoms in total. The molecule has 1 N–H and O–H groups in total. The summed E-state index contributed by atoms with van der Waals surface area (Å²) >= 11 is 0. The van der Waals surface area contributed by atoms with E-state index >= 15 is 0 Å². The topological polar surface area (TPSA) is 33.1 Å². The zero-order chi connectivity index (χ0) is 13.0. The molecule has 1 unspecified atom stereocenters. The number of nitrogens with zero attached hydrogens (tertiary/aromatic N) is 3. The van der Waals surface area contributed by atoms with Crippen LogP contribution in [0.2, 0.25) is 0 Å². The summed E-state index contributed by atoms with van der Waals surface area (Å²) in [6.07, 6.45) is 5.44. The van der Waals surface area contributed by atoms with E-state index in [2.05, 4.69) is 42.3 Å². The molecule has 0 amide bonds. The third-order valence-corrected chi connectivity index (χ3v) is 3.51. The van der Waals surface area contributed by atoms with Crippen molar-refractivity contribution >= 4 is 0 Å². The zero-order valence-corrected chi connectivity index (χ0v) is 11.9. The highest BCUT2D eigenvalue weighted by molar-refractivity contribution is 5.04. The van der Waals surface area contributed by atoms with E-state index in [-0.39, 0.29) is 0 Å². The molecule has 0 aromatic carbocycles. The van der Waals surface area contributed by atoms with Crippen LogP contribution in [-0.2, 0) is 13.1 Å². The summed E-state index contributed by atoms with van der Waals surface area (Å²) in [7, 11) is 0. The Morgan fingerprint density at radius 1 is 1.50 bits per heavy atom. The van der Waals surface area contributed by atoms with E-state index in [9.17, 15) is 0 Å². The molecule has 0 spiro atoms. The summed E-state index contributed by atoms with van der Waals surface area (Å²) in [5.74, 6) is 0.769. The van der Waals surface area contributed by atoms with Gasteiger partial charge >= 0.3 is 0 Å². The molecule has 1 aliphatic rings. The lowest BCUT2D eigenvalue weighted by molar-refractivity contribution is 0.179. The van der Waals surface area contributed by atoms with Gasteiger partial charge in [-0.1, -0.05) is 13.8 Å². The van der Waals surface area contributed by atoms with Crippen LogP contribution in [0, 0.1) is 5.92 Å². The number of nitrogens with one attached hydrogen (secondary N) is 1. The van der Waals surface area contributed by atoms with E-state index in [1.807, 2.05) is 10.9 Å². The lowest BCUT2D eigenvalue weighted by atomic mass is 10.0. The van der Waals surface area contributed by atoms with Crippen molar-refractivity contribution in [2.75, 3.05) is 19.6 Å². The highest BCUT2D eigenvalue weighted by atomic mass is 15.3. The molecule has 0 radical (unpaired) electrons. The molecule has 1 saturated heterocycles. The molecule has 4 heteroatoms. The molecule has 102 valence electrons.